The lowest BCUT2D eigenvalue weighted by Gasteiger charge is -2.17. The Morgan fingerprint density at radius 2 is 0.845 bits per heavy atom. The fourth-order valence-corrected chi connectivity index (χ4v) is 7.73. The minimum Gasteiger partial charge on any atom is -0.497 e. The first kappa shape index (κ1) is 63.7. The zero-order valence-electron chi connectivity index (χ0n) is 45.7. The highest BCUT2D eigenvalue weighted by Gasteiger charge is 2.14. The van der Waals surface area contributed by atoms with E-state index in [2.05, 4.69) is 114 Å². The number of ether oxygens (including phenoxy) is 1. The molecule has 2 aromatic heterocycles. The van der Waals surface area contributed by atoms with Crippen molar-refractivity contribution in [1.82, 2.24) is 26.3 Å². The lowest BCUT2D eigenvalue weighted by molar-refractivity contribution is 0.0943. The Morgan fingerprint density at radius 1 is 0.507 bits per heavy atom. The Bertz CT molecular complexity index is 2270. The minimum absolute atomic E-state index is 0.0173. The molecule has 0 atom stereocenters. The predicted molar refractivity (Wildman–Crippen MR) is 295 cm³/mol. The second kappa shape index (κ2) is 31.2. The molecule has 396 valence electrons. The van der Waals surface area contributed by atoms with Gasteiger partial charge in [-0.1, -0.05) is 83.1 Å². The second-order valence-corrected chi connectivity index (χ2v) is 25.5. The third kappa shape index (κ3) is 33.9. The molecule has 71 heavy (non-hydrogen) atoms. The molecule has 0 aliphatic carbocycles. The van der Waals surface area contributed by atoms with Crippen LogP contribution in [0.3, 0.4) is 0 Å². The van der Waals surface area contributed by atoms with Crippen LogP contribution >= 0.6 is 11.3 Å². The van der Waals surface area contributed by atoms with E-state index in [9.17, 15) is 27.6 Å². The SMILES string of the molecule is CC(C)(C)CCCNC(=O)c1ccc(NS(C)(=O)=O)cc1.CC(C)(C)CCCNC(=O)c1ccncc1.COc1ccc(C(=O)NCCCC(C)(C)C)cc1.Cc1ccc(C(=O)NCCCC(C)(C)C)s1. The highest BCUT2D eigenvalue weighted by Crippen LogP contribution is 2.23. The molecule has 15 heteroatoms. The molecule has 2 heterocycles. The molecular formula is C56H88N6O7S2. The van der Waals surface area contributed by atoms with Crippen molar-refractivity contribution in [2.45, 2.75) is 141 Å². The van der Waals surface area contributed by atoms with Crippen LogP contribution in [-0.2, 0) is 10.0 Å². The number of benzene rings is 2. The van der Waals surface area contributed by atoms with E-state index in [4.69, 9.17) is 4.74 Å². The number of carbonyl (C=O) groups is 4. The van der Waals surface area contributed by atoms with E-state index < -0.39 is 10.0 Å². The Labute approximate surface area is 432 Å². The molecule has 0 spiro atoms. The topological polar surface area (TPSA) is 185 Å². The summed E-state index contributed by atoms with van der Waals surface area (Å²) in [5.41, 5.74) is 3.59. The van der Waals surface area contributed by atoms with Crippen molar-refractivity contribution in [1.29, 1.82) is 0 Å². The van der Waals surface area contributed by atoms with E-state index in [0.717, 1.165) is 87.9 Å². The van der Waals surface area contributed by atoms with Crippen LogP contribution in [0.15, 0.2) is 85.2 Å². The van der Waals surface area contributed by atoms with E-state index in [1.165, 1.54) is 4.88 Å². The summed E-state index contributed by atoms with van der Waals surface area (Å²) in [5, 5.41) is 11.7. The van der Waals surface area contributed by atoms with Gasteiger partial charge in [0.2, 0.25) is 10.0 Å². The van der Waals surface area contributed by atoms with Crippen LogP contribution < -0.4 is 30.7 Å². The summed E-state index contributed by atoms with van der Waals surface area (Å²) in [6.07, 6.45) is 12.7. The molecule has 0 fully saturated rings. The van der Waals surface area contributed by atoms with Crippen molar-refractivity contribution < 1.29 is 32.3 Å². The van der Waals surface area contributed by atoms with Gasteiger partial charge in [0, 0.05) is 65.8 Å². The van der Waals surface area contributed by atoms with E-state index >= 15 is 0 Å². The summed E-state index contributed by atoms with van der Waals surface area (Å²) in [5.74, 6) is 0.643. The molecule has 5 N–H and O–H groups in total. The van der Waals surface area contributed by atoms with Gasteiger partial charge in [0.25, 0.3) is 23.6 Å². The number of aryl methyl sites for hydroxylation is 1. The standard InChI is InChI=1S/C15H24N2O3S.C15H23NO2.C13H20N2O.C13H21NOS/c1-15(2,3)10-5-11-16-14(18)12-6-8-13(9-7-12)17-21(4,19)20;1-15(2,3)10-5-11-16-14(17)12-6-8-13(18-4)9-7-12;1-13(2,3)7-4-8-15-12(16)11-5-9-14-10-6-11;1-10-6-7-11(16-10)12(15)14-9-5-8-13(2,3)4/h6-9,17H,5,10-11H2,1-4H3,(H,16,18);6-9H,5,10-11H2,1-4H3,(H,16,17);5-6,9-10H,4,7-8H2,1-3H3,(H,15,16);6-7H,5,8-9H2,1-4H3,(H,14,15). The fourth-order valence-electron chi connectivity index (χ4n) is 6.38. The first-order valence-corrected chi connectivity index (χ1v) is 27.4. The number of thiophene rings is 1. The maximum atomic E-state index is 11.9. The summed E-state index contributed by atoms with van der Waals surface area (Å²) in [6, 6.07) is 20.8. The summed E-state index contributed by atoms with van der Waals surface area (Å²) >= 11 is 1.55. The Balaban J connectivity index is 0.000000476. The van der Waals surface area contributed by atoms with Gasteiger partial charge >= 0.3 is 0 Å². The average molecular weight is 1020 g/mol. The molecule has 0 saturated heterocycles. The van der Waals surface area contributed by atoms with Gasteiger partial charge in [-0.2, -0.15) is 0 Å². The fraction of sp³-hybridized carbons (Fsp3) is 0.554. The number of rotatable bonds is 19. The number of sulfonamides is 1. The maximum Gasteiger partial charge on any atom is 0.261 e. The predicted octanol–water partition coefficient (Wildman–Crippen LogP) is 12.1. The lowest BCUT2D eigenvalue weighted by Crippen LogP contribution is -2.25. The van der Waals surface area contributed by atoms with Crippen LogP contribution in [0.4, 0.5) is 5.69 Å². The number of nitrogens with zero attached hydrogens (tertiary/aromatic N) is 1. The van der Waals surface area contributed by atoms with Gasteiger partial charge < -0.3 is 26.0 Å². The molecule has 4 aromatic rings. The Kier molecular flexibility index (Phi) is 28.0. The zero-order chi connectivity index (χ0) is 53.9. The Morgan fingerprint density at radius 3 is 1.15 bits per heavy atom. The number of hydrogen-bond acceptors (Lipinski definition) is 9. The van der Waals surface area contributed by atoms with Crippen LogP contribution in [0.25, 0.3) is 0 Å². The van der Waals surface area contributed by atoms with Gasteiger partial charge in [-0.15, -0.1) is 11.3 Å². The monoisotopic (exact) mass is 1020 g/mol. The van der Waals surface area contributed by atoms with E-state index in [-0.39, 0.29) is 29.0 Å². The van der Waals surface area contributed by atoms with Crippen molar-refractivity contribution in [3.8, 4) is 5.75 Å². The summed E-state index contributed by atoms with van der Waals surface area (Å²) in [6.45, 7) is 31.3. The molecule has 4 rings (SSSR count). The minimum atomic E-state index is -3.29. The molecule has 13 nitrogen and oxygen atoms in total. The highest BCUT2D eigenvalue weighted by molar-refractivity contribution is 7.92. The summed E-state index contributed by atoms with van der Waals surface area (Å²) < 4.78 is 29.6. The summed E-state index contributed by atoms with van der Waals surface area (Å²) in [4.78, 5) is 52.9. The van der Waals surface area contributed by atoms with Crippen molar-refractivity contribution in [3.63, 3.8) is 0 Å². The van der Waals surface area contributed by atoms with Crippen LogP contribution in [0.2, 0.25) is 0 Å². The largest absolute Gasteiger partial charge is 0.497 e. The molecule has 0 bridgehead atoms. The lowest BCUT2D eigenvalue weighted by atomic mass is 9.90. The number of carbonyl (C=O) groups excluding carboxylic acids is 4. The van der Waals surface area contributed by atoms with Crippen molar-refractivity contribution >= 4 is 50.7 Å². The normalized spacial score (nSPS) is 11.5. The van der Waals surface area contributed by atoms with Gasteiger partial charge in [-0.05, 0) is 153 Å². The van der Waals surface area contributed by atoms with Gasteiger partial charge in [-0.25, -0.2) is 8.42 Å². The number of aromatic nitrogens is 1. The van der Waals surface area contributed by atoms with Crippen LogP contribution in [0.5, 0.6) is 5.75 Å². The van der Waals surface area contributed by atoms with Gasteiger partial charge in [0.05, 0.1) is 18.2 Å². The third-order valence-corrected chi connectivity index (χ3v) is 11.9. The van der Waals surface area contributed by atoms with E-state index in [1.54, 1.807) is 91.5 Å². The van der Waals surface area contributed by atoms with Crippen LogP contribution in [0, 0.1) is 28.6 Å². The number of hydrogen-bond donors (Lipinski definition) is 5. The van der Waals surface area contributed by atoms with E-state index in [0.29, 0.717) is 45.2 Å². The first-order valence-electron chi connectivity index (χ1n) is 24.7. The number of methoxy groups -OCH3 is 1. The first-order chi connectivity index (χ1) is 32.9. The number of pyridine rings is 1. The summed E-state index contributed by atoms with van der Waals surface area (Å²) in [7, 11) is -1.68. The van der Waals surface area contributed by atoms with E-state index in [1.807, 2.05) is 19.1 Å². The van der Waals surface area contributed by atoms with Crippen molar-refractivity contribution in [2.75, 3.05) is 44.3 Å². The van der Waals surface area contributed by atoms with Crippen LogP contribution in [0.1, 0.15) is 180 Å². The van der Waals surface area contributed by atoms with Gasteiger partial charge in [0.1, 0.15) is 5.75 Å². The van der Waals surface area contributed by atoms with Crippen molar-refractivity contribution in [3.05, 3.63) is 112 Å². The molecule has 4 amide bonds. The smallest absolute Gasteiger partial charge is 0.261 e. The van der Waals surface area contributed by atoms with Crippen molar-refractivity contribution in [2.24, 2.45) is 21.7 Å². The number of nitrogens with one attached hydrogen (secondary N) is 5. The quantitative estimate of drug-likeness (QED) is 0.0575. The second-order valence-electron chi connectivity index (χ2n) is 22.5. The van der Waals surface area contributed by atoms with Gasteiger partial charge in [-0.3, -0.25) is 28.9 Å². The highest BCUT2D eigenvalue weighted by atomic mass is 32.2. The molecular weight excluding hydrogens is 933 g/mol. The third-order valence-electron chi connectivity index (χ3n) is 10.3. The molecule has 0 aliphatic heterocycles. The molecule has 2 aromatic carbocycles. The molecule has 0 aliphatic rings. The molecule has 0 unspecified atom stereocenters. The molecule has 0 radical (unpaired) electrons. The Hall–Kier alpha value is -5.28. The number of anilines is 1. The molecule has 0 saturated carbocycles. The maximum absolute atomic E-state index is 11.9. The van der Waals surface area contributed by atoms with Gasteiger partial charge in [0.15, 0.2) is 0 Å². The zero-order valence-corrected chi connectivity index (χ0v) is 47.3. The average Bonchev–Trinajstić information content (AvgIpc) is 3.72. The van der Waals surface area contributed by atoms with Crippen LogP contribution in [-0.4, -0.2) is 76.6 Å². The number of amides is 4.